The van der Waals surface area contributed by atoms with Crippen LogP contribution in [0.15, 0.2) is 18.2 Å². The molecule has 1 rings (SSSR count). The molecule has 1 aromatic carbocycles. The molecule has 0 saturated carbocycles. The van der Waals surface area contributed by atoms with E-state index in [4.69, 9.17) is 5.11 Å². The van der Waals surface area contributed by atoms with Crippen LogP contribution in [-0.2, 0) is 11.2 Å². The number of alkyl halides is 1. The number of benzene rings is 1. The molecule has 5 heteroatoms. The van der Waals surface area contributed by atoms with Gasteiger partial charge < -0.3 is 10.2 Å². The lowest BCUT2D eigenvalue weighted by atomic mass is 10.0. The highest BCUT2D eigenvalue weighted by molar-refractivity contribution is 9.09. The summed E-state index contributed by atoms with van der Waals surface area (Å²) in [5, 5.41) is 18.7. The minimum Gasteiger partial charge on any atom is -0.479 e. The van der Waals surface area contributed by atoms with Crippen molar-refractivity contribution in [3.63, 3.8) is 0 Å². The van der Waals surface area contributed by atoms with E-state index < -0.39 is 12.1 Å². The topological polar surface area (TPSA) is 57.5 Å². The third-order valence-corrected chi connectivity index (χ3v) is 2.76. The molecule has 16 heavy (non-hydrogen) atoms. The fourth-order valence-electron chi connectivity index (χ4n) is 1.36. The molecule has 0 radical (unpaired) electrons. The van der Waals surface area contributed by atoms with Crippen molar-refractivity contribution in [1.82, 2.24) is 0 Å². The number of carboxylic acids is 1. The zero-order valence-corrected chi connectivity index (χ0v) is 10.1. The largest absolute Gasteiger partial charge is 0.479 e. The molecule has 2 N–H and O–H groups in total. The Balaban J connectivity index is 2.92. The Labute approximate surface area is 101 Å². The predicted molar refractivity (Wildman–Crippen MR) is 61.1 cm³/mol. The molecule has 3 nitrogen and oxygen atoms in total. The minimum absolute atomic E-state index is 0.207. The third-order valence-electron chi connectivity index (χ3n) is 2.20. The Kier molecular flexibility index (Phi) is 4.89. The number of aliphatic hydroxyl groups is 1. The quantitative estimate of drug-likeness (QED) is 0.818. The van der Waals surface area contributed by atoms with Crippen molar-refractivity contribution in [1.29, 1.82) is 0 Å². The van der Waals surface area contributed by atoms with E-state index in [2.05, 4.69) is 15.9 Å². The van der Waals surface area contributed by atoms with E-state index in [1.165, 1.54) is 18.2 Å². The number of halogens is 2. The molecule has 1 aromatic rings. The Bertz CT molecular complexity index is 381. The average Bonchev–Trinajstić information content (AvgIpc) is 2.27. The molecule has 0 spiro atoms. The standard InChI is InChI=1S/C11H12BrFO3/c12-5-1-2-7-6-8(3-4-9(7)13)10(14)11(15)16/h3-4,6,10,14H,1-2,5H2,(H,15,16). The van der Waals surface area contributed by atoms with Crippen LogP contribution in [0.25, 0.3) is 0 Å². The summed E-state index contributed by atoms with van der Waals surface area (Å²) in [6, 6.07) is 3.87. The monoisotopic (exact) mass is 290 g/mol. The molecule has 0 amide bonds. The van der Waals surface area contributed by atoms with Crippen LogP contribution >= 0.6 is 15.9 Å². The van der Waals surface area contributed by atoms with E-state index >= 15 is 0 Å². The highest BCUT2D eigenvalue weighted by Crippen LogP contribution is 2.18. The van der Waals surface area contributed by atoms with E-state index in [0.29, 0.717) is 12.0 Å². The van der Waals surface area contributed by atoms with Gasteiger partial charge in [0.15, 0.2) is 6.10 Å². The molecule has 0 saturated heterocycles. The molecule has 1 atom stereocenters. The van der Waals surface area contributed by atoms with Gasteiger partial charge in [-0.15, -0.1) is 0 Å². The Morgan fingerprint density at radius 3 is 2.75 bits per heavy atom. The zero-order valence-electron chi connectivity index (χ0n) is 8.49. The molecule has 0 aliphatic rings. The van der Waals surface area contributed by atoms with Gasteiger partial charge in [0.25, 0.3) is 0 Å². The van der Waals surface area contributed by atoms with Gasteiger partial charge >= 0.3 is 5.97 Å². The molecule has 1 unspecified atom stereocenters. The van der Waals surface area contributed by atoms with E-state index in [1.807, 2.05) is 0 Å². The number of aryl methyl sites for hydroxylation is 1. The number of aliphatic carboxylic acids is 1. The Morgan fingerprint density at radius 1 is 1.50 bits per heavy atom. The maximum Gasteiger partial charge on any atom is 0.337 e. The number of hydrogen-bond donors (Lipinski definition) is 2. The number of carbonyl (C=O) groups is 1. The molecule has 0 fully saturated rings. The van der Waals surface area contributed by atoms with Crippen molar-refractivity contribution in [2.45, 2.75) is 18.9 Å². The first kappa shape index (κ1) is 13.1. The molecule has 0 bridgehead atoms. The van der Waals surface area contributed by atoms with Crippen molar-refractivity contribution < 1.29 is 19.4 Å². The van der Waals surface area contributed by atoms with E-state index in [0.717, 1.165) is 11.8 Å². The molecule has 88 valence electrons. The van der Waals surface area contributed by atoms with Crippen molar-refractivity contribution in [2.75, 3.05) is 5.33 Å². The van der Waals surface area contributed by atoms with Gasteiger partial charge in [-0.05, 0) is 36.1 Å². The van der Waals surface area contributed by atoms with Crippen molar-refractivity contribution in [2.24, 2.45) is 0 Å². The van der Waals surface area contributed by atoms with Crippen molar-refractivity contribution in [3.8, 4) is 0 Å². The van der Waals surface area contributed by atoms with Crippen LogP contribution in [0.5, 0.6) is 0 Å². The summed E-state index contributed by atoms with van der Waals surface area (Å²) in [6.07, 6.45) is -0.329. The zero-order chi connectivity index (χ0) is 12.1. The second kappa shape index (κ2) is 5.96. The fourth-order valence-corrected chi connectivity index (χ4v) is 1.64. The first-order valence-electron chi connectivity index (χ1n) is 4.81. The minimum atomic E-state index is -1.59. The Hall–Kier alpha value is -0.940. The average molecular weight is 291 g/mol. The fraction of sp³-hybridized carbons (Fsp3) is 0.364. The summed E-state index contributed by atoms with van der Waals surface area (Å²) < 4.78 is 13.3. The predicted octanol–water partition coefficient (Wildman–Crippen LogP) is 2.27. The normalized spacial score (nSPS) is 12.4. The lowest BCUT2D eigenvalue weighted by Crippen LogP contribution is -2.11. The molecular weight excluding hydrogens is 279 g/mol. The third kappa shape index (κ3) is 3.28. The lowest BCUT2D eigenvalue weighted by molar-refractivity contribution is -0.146. The van der Waals surface area contributed by atoms with Gasteiger partial charge in [-0.2, -0.15) is 0 Å². The van der Waals surface area contributed by atoms with Crippen LogP contribution < -0.4 is 0 Å². The maximum atomic E-state index is 13.3. The van der Waals surface area contributed by atoms with E-state index in [1.54, 1.807) is 0 Å². The van der Waals surface area contributed by atoms with E-state index in [-0.39, 0.29) is 11.4 Å². The van der Waals surface area contributed by atoms with Crippen molar-refractivity contribution in [3.05, 3.63) is 35.1 Å². The van der Waals surface area contributed by atoms with Gasteiger partial charge in [0.2, 0.25) is 0 Å². The summed E-state index contributed by atoms with van der Waals surface area (Å²) in [5.41, 5.74) is 0.635. The molecule has 0 aliphatic carbocycles. The second-order valence-corrected chi connectivity index (χ2v) is 4.18. The molecule has 0 aliphatic heterocycles. The highest BCUT2D eigenvalue weighted by Gasteiger charge is 2.17. The second-order valence-electron chi connectivity index (χ2n) is 3.38. The number of rotatable bonds is 5. The SMILES string of the molecule is O=C(O)C(O)c1ccc(F)c(CCCBr)c1. The molecular formula is C11H12BrFO3. The van der Waals surface area contributed by atoms with Crippen LogP contribution in [0.2, 0.25) is 0 Å². The maximum absolute atomic E-state index is 13.3. The highest BCUT2D eigenvalue weighted by atomic mass is 79.9. The van der Waals surface area contributed by atoms with Gasteiger partial charge in [-0.1, -0.05) is 22.0 Å². The van der Waals surface area contributed by atoms with Crippen LogP contribution in [0.3, 0.4) is 0 Å². The first-order chi connectivity index (χ1) is 7.56. The van der Waals surface area contributed by atoms with Gasteiger partial charge in [-0.3, -0.25) is 0 Å². The summed E-state index contributed by atoms with van der Waals surface area (Å²) in [5.74, 6) is -1.71. The van der Waals surface area contributed by atoms with Gasteiger partial charge in [0.05, 0.1) is 0 Å². The van der Waals surface area contributed by atoms with Gasteiger partial charge in [0.1, 0.15) is 5.82 Å². The number of hydrogen-bond acceptors (Lipinski definition) is 2. The van der Waals surface area contributed by atoms with Crippen LogP contribution in [0.4, 0.5) is 4.39 Å². The summed E-state index contributed by atoms with van der Waals surface area (Å²) in [7, 11) is 0. The van der Waals surface area contributed by atoms with Crippen LogP contribution in [-0.4, -0.2) is 21.5 Å². The van der Waals surface area contributed by atoms with Crippen molar-refractivity contribution >= 4 is 21.9 Å². The number of aliphatic hydroxyl groups excluding tert-OH is 1. The molecule has 0 heterocycles. The first-order valence-corrected chi connectivity index (χ1v) is 5.93. The molecule has 0 aromatic heterocycles. The van der Waals surface area contributed by atoms with Gasteiger partial charge in [0, 0.05) is 5.33 Å². The van der Waals surface area contributed by atoms with Gasteiger partial charge in [-0.25, -0.2) is 9.18 Å². The lowest BCUT2D eigenvalue weighted by Gasteiger charge is -2.08. The number of carboxylic acid groups (broad SMARTS) is 1. The summed E-state index contributed by atoms with van der Waals surface area (Å²) >= 11 is 3.24. The van der Waals surface area contributed by atoms with E-state index in [9.17, 15) is 14.3 Å². The Morgan fingerprint density at radius 2 is 2.19 bits per heavy atom. The summed E-state index contributed by atoms with van der Waals surface area (Å²) in [4.78, 5) is 10.6. The van der Waals surface area contributed by atoms with Crippen LogP contribution in [0.1, 0.15) is 23.7 Å². The smallest absolute Gasteiger partial charge is 0.337 e. The van der Waals surface area contributed by atoms with Crippen LogP contribution in [0, 0.1) is 5.82 Å². The summed E-state index contributed by atoms with van der Waals surface area (Å²) in [6.45, 7) is 0.